The summed E-state index contributed by atoms with van der Waals surface area (Å²) in [7, 11) is 0. The number of benzene rings is 1. The van der Waals surface area contributed by atoms with Gasteiger partial charge in [-0.05, 0) is 51.3 Å². The highest BCUT2D eigenvalue weighted by Crippen LogP contribution is 2.27. The fourth-order valence-corrected chi connectivity index (χ4v) is 3.49. The molecule has 2 N–H and O–H groups in total. The molecular weight excluding hydrogens is 420 g/mol. The summed E-state index contributed by atoms with van der Waals surface area (Å²) in [6.07, 6.45) is 8.24. The number of hydrogen-bond donors (Lipinski definition) is 2. The first-order valence-electron chi connectivity index (χ1n) is 10.7. The van der Waals surface area contributed by atoms with Crippen LogP contribution in [0.4, 0.5) is 0 Å². The predicted molar refractivity (Wildman–Crippen MR) is 120 cm³/mol. The second kappa shape index (κ2) is 13.5. The lowest BCUT2D eigenvalue weighted by atomic mass is 9.93. The molecule has 0 saturated carbocycles. The summed E-state index contributed by atoms with van der Waals surface area (Å²) >= 11 is 5.92. The van der Waals surface area contributed by atoms with E-state index in [1.54, 1.807) is 36.4 Å². The lowest BCUT2D eigenvalue weighted by Gasteiger charge is -2.17. The van der Waals surface area contributed by atoms with Crippen molar-refractivity contribution in [1.82, 2.24) is 0 Å². The van der Waals surface area contributed by atoms with E-state index in [4.69, 9.17) is 25.8 Å². The third-order valence-corrected chi connectivity index (χ3v) is 5.07. The second-order valence-electron chi connectivity index (χ2n) is 7.88. The summed E-state index contributed by atoms with van der Waals surface area (Å²) in [5.74, 6) is 0.352. The lowest BCUT2D eigenvalue weighted by Crippen LogP contribution is -2.23. The molecule has 0 amide bonds. The highest BCUT2D eigenvalue weighted by Gasteiger charge is 2.33. The molecule has 4 atom stereocenters. The van der Waals surface area contributed by atoms with Gasteiger partial charge in [0.1, 0.15) is 18.5 Å². The van der Waals surface area contributed by atoms with Gasteiger partial charge in [-0.3, -0.25) is 4.79 Å². The third-order valence-electron chi connectivity index (χ3n) is 4.83. The molecule has 1 saturated heterocycles. The molecule has 1 aliphatic rings. The fraction of sp³-hybridized carbons (Fsp3) is 0.542. The van der Waals surface area contributed by atoms with Gasteiger partial charge < -0.3 is 24.4 Å². The highest BCUT2D eigenvalue weighted by molar-refractivity contribution is 6.30. The van der Waals surface area contributed by atoms with Crippen LogP contribution >= 0.6 is 11.6 Å². The zero-order valence-corrected chi connectivity index (χ0v) is 18.9. The molecule has 1 heterocycles. The SMILES string of the molecule is CC(C)OC(=O)CCC=CCC[C@H]1[C@@H](O)CO[C@@H]1C=CC(O)COc1cccc(Cl)c1. The van der Waals surface area contributed by atoms with Crippen molar-refractivity contribution in [3.8, 4) is 5.75 Å². The minimum atomic E-state index is -0.800. The van der Waals surface area contributed by atoms with Gasteiger partial charge in [0.05, 0.1) is 24.9 Å². The first kappa shape index (κ1) is 25.4. The summed E-state index contributed by atoms with van der Waals surface area (Å²) in [5, 5.41) is 20.9. The topological polar surface area (TPSA) is 85.2 Å². The summed E-state index contributed by atoms with van der Waals surface area (Å²) in [5.41, 5.74) is 0. The van der Waals surface area contributed by atoms with Crippen LogP contribution in [0.25, 0.3) is 0 Å². The van der Waals surface area contributed by atoms with Crippen molar-refractivity contribution in [1.29, 1.82) is 0 Å². The summed E-state index contributed by atoms with van der Waals surface area (Å²) < 4.78 is 16.3. The molecule has 1 fully saturated rings. The zero-order chi connectivity index (χ0) is 22.6. The van der Waals surface area contributed by atoms with Crippen molar-refractivity contribution < 1.29 is 29.2 Å². The second-order valence-corrected chi connectivity index (χ2v) is 8.31. The largest absolute Gasteiger partial charge is 0.491 e. The molecule has 1 aromatic rings. The maximum atomic E-state index is 11.5. The number of carbonyl (C=O) groups excluding carboxylic acids is 1. The van der Waals surface area contributed by atoms with Crippen LogP contribution in [0.1, 0.15) is 39.5 Å². The predicted octanol–water partition coefficient (Wildman–Crippen LogP) is 4.08. The average Bonchev–Trinajstić information content (AvgIpc) is 3.06. The number of allylic oxidation sites excluding steroid dienone is 2. The normalized spacial score (nSPS) is 22.5. The lowest BCUT2D eigenvalue weighted by molar-refractivity contribution is -0.147. The van der Waals surface area contributed by atoms with Crippen LogP contribution in [0.2, 0.25) is 5.02 Å². The fourth-order valence-electron chi connectivity index (χ4n) is 3.31. The van der Waals surface area contributed by atoms with E-state index >= 15 is 0 Å². The van der Waals surface area contributed by atoms with Gasteiger partial charge in [0.15, 0.2) is 0 Å². The van der Waals surface area contributed by atoms with E-state index in [0.29, 0.717) is 23.6 Å². The van der Waals surface area contributed by atoms with Crippen LogP contribution in [0.5, 0.6) is 5.75 Å². The Labute approximate surface area is 189 Å². The Balaban J connectivity index is 1.71. The number of aliphatic hydroxyl groups is 2. The molecular formula is C24H33ClO6. The quantitative estimate of drug-likeness (QED) is 0.367. The van der Waals surface area contributed by atoms with Crippen molar-refractivity contribution >= 4 is 17.6 Å². The molecule has 1 aromatic carbocycles. The molecule has 1 unspecified atom stereocenters. The number of rotatable bonds is 12. The summed E-state index contributed by atoms with van der Waals surface area (Å²) in [4.78, 5) is 11.5. The summed E-state index contributed by atoms with van der Waals surface area (Å²) in [6, 6.07) is 6.99. The number of ether oxygens (including phenoxy) is 3. The van der Waals surface area contributed by atoms with Gasteiger partial charge in [-0.15, -0.1) is 0 Å². The number of hydrogen-bond acceptors (Lipinski definition) is 6. The molecule has 1 aliphatic heterocycles. The minimum absolute atomic E-state index is 0.0483. The molecule has 0 radical (unpaired) electrons. The Kier molecular flexibility index (Phi) is 11.1. The molecule has 0 aromatic heterocycles. The van der Waals surface area contributed by atoms with E-state index in [1.165, 1.54) is 0 Å². The van der Waals surface area contributed by atoms with Crippen LogP contribution in [0.15, 0.2) is 48.6 Å². The van der Waals surface area contributed by atoms with E-state index in [1.807, 2.05) is 26.0 Å². The van der Waals surface area contributed by atoms with Crippen LogP contribution in [0.3, 0.4) is 0 Å². The van der Waals surface area contributed by atoms with Crippen LogP contribution in [-0.2, 0) is 14.3 Å². The molecule has 31 heavy (non-hydrogen) atoms. The first-order valence-corrected chi connectivity index (χ1v) is 11.1. The average molecular weight is 453 g/mol. The number of halogens is 1. The Morgan fingerprint density at radius 1 is 1.32 bits per heavy atom. The molecule has 0 spiro atoms. The Hall–Kier alpha value is -1.86. The van der Waals surface area contributed by atoms with Crippen molar-refractivity contribution in [2.24, 2.45) is 5.92 Å². The van der Waals surface area contributed by atoms with E-state index in [-0.39, 0.29) is 37.3 Å². The van der Waals surface area contributed by atoms with Crippen LogP contribution in [0, 0.1) is 5.92 Å². The van der Waals surface area contributed by atoms with Gasteiger partial charge in [0.2, 0.25) is 0 Å². The van der Waals surface area contributed by atoms with Crippen LogP contribution < -0.4 is 4.74 Å². The number of carbonyl (C=O) groups is 1. The molecule has 0 bridgehead atoms. The van der Waals surface area contributed by atoms with Crippen molar-refractivity contribution in [2.75, 3.05) is 13.2 Å². The Bertz CT molecular complexity index is 733. The van der Waals surface area contributed by atoms with Gasteiger partial charge in [0, 0.05) is 17.4 Å². The van der Waals surface area contributed by atoms with Crippen molar-refractivity contribution in [3.63, 3.8) is 0 Å². The van der Waals surface area contributed by atoms with Gasteiger partial charge in [-0.25, -0.2) is 0 Å². The van der Waals surface area contributed by atoms with Gasteiger partial charge >= 0.3 is 5.97 Å². The van der Waals surface area contributed by atoms with Crippen molar-refractivity contribution in [3.05, 3.63) is 53.6 Å². The standard InChI is InChI=1S/C24H33ClO6/c1-17(2)31-24(28)11-6-4-3-5-10-21-22(27)16-30-23(21)13-12-19(26)15-29-20-9-7-8-18(25)14-20/h3-4,7-9,12-14,17,19,21-23,26-27H,5-6,10-11,15-16H2,1-2H3/t19?,21-,22-,23+/m0/s1. The van der Waals surface area contributed by atoms with Gasteiger partial charge in [0.25, 0.3) is 0 Å². The summed E-state index contributed by atoms with van der Waals surface area (Å²) in [6.45, 7) is 4.04. The Morgan fingerprint density at radius 2 is 2.10 bits per heavy atom. The molecule has 172 valence electrons. The third kappa shape index (κ3) is 9.87. The number of esters is 1. The highest BCUT2D eigenvalue weighted by atomic mass is 35.5. The molecule has 7 heteroatoms. The maximum absolute atomic E-state index is 11.5. The van der Waals surface area contributed by atoms with E-state index < -0.39 is 12.2 Å². The Morgan fingerprint density at radius 3 is 2.84 bits per heavy atom. The maximum Gasteiger partial charge on any atom is 0.306 e. The minimum Gasteiger partial charge on any atom is -0.491 e. The van der Waals surface area contributed by atoms with E-state index in [9.17, 15) is 15.0 Å². The molecule has 0 aliphatic carbocycles. The van der Waals surface area contributed by atoms with Gasteiger partial charge in [-0.1, -0.05) is 42.0 Å². The first-order chi connectivity index (χ1) is 14.8. The van der Waals surface area contributed by atoms with E-state index in [0.717, 1.165) is 12.8 Å². The monoisotopic (exact) mass is 452 g/mol. The van der Waals surface area contributed by atoms with Gasteiger partial charge in [-0.2, -0.15) is 0 Å². The molecule has 2 rings (SSSR count). The van der Waals surface area contributed by atoms with E-state index in [2.05, 4.69) is 0 Å². The van der Waals surface area contributed by atoms with Crippen LogP contribution in [-0.4, -0.2) is 53.8 Å². The smallest absolute Gasteiger partial charge is 0.306 e. The zero-order valence-electron chi connectivity index (χ0n) is 18.2. The number of aliphatic hydroxyl groups excluding tert-OH is 2. The molecule has 6 nitrogen and oxygen atoms in total. The van der Waals surface area contributed by atoms with Crippen molar-refractivity contribution in [2.45, 2.75) is 63.9 Å².